The Bertz CT molecular complexity index is 242. The summed E-state index contributed by atoms with van der Waals surface area (Å²) >= 11 is 0. The number of benzene rings is 1. The normalized spacial score (nSPS) is 10.5. The molecule has 1 aromatic carbocycles. The number of unbranched alkanes of at least 4 members (excludes halogenated alkanes) is 1. The first-order valence-electron chi connectivity index (χ1n) is 4.79. The third-order valence-corrected chi connectivity index (χ3v) is 1.63. The van der Waals surface area contributed by atoms with Crippen LogP contribution in [0.2, 0.25) is 0 Å². The minimum absolute atomic E-state index is 0.594. The Morgan fingerprint density at radius 1 is 1.13 bits per heavy atom. The molecule has 0 atom stereocenters. The monoisotopic (exact) mass is 218 g/mol. The Hall–Kier alpha value is -1.03. The summed E-state index contributed by atoms with van der Waals surface area (Å²) in [5, 5.41) is 0. The average molecular weight is 218 g/mol. The second-order valence-corrected chi connectivity index (χ2v) is 2.97. The fourth-order valence-corrected chi connectivity index (χ4v) is 0.804. The lowest BCUT2D eigenvalue weighted by Crippen LogP contribution is -2.03. The number of hydrogen-bond donors (Lipinski definition) is 0. The third-order valence-electron chi connectivity index (χ3n) is 1.63. The fraction of sp³-hybridized carbons (Fsp3) is 0.455. The smallest absolute Gasteiger partial charge is 0.416 e. The van der Waals surface area contributed by atoms with Crippen molar-refractivity contribution in [3.05, 3.63) is 41.6 Å². The number of rotatable bonds is 2. The van der Waals surface area contributed by atoms with Crippen LogP contribution in [0.15, 0.2) is 30.3 Å². The highest BCUT2D eigenvalue weighted by Gasteiger charge is 2.29. The third kappa shape index (κ3) is 6.96. The average Bonchev–Trinajstić information content (AvgIpc) is 2.20. The molecule has 1 N–H and O–H groups in total. The van der Waals surface area contributed by atoms with Crippen LogP contribution in [-0.4, -0.2) is 6.54 Å². The first-order chi connectivity index (χ1) is 7.02. The largest absolute Gasteiger partial charge is 0.677 e. The van der Waals surface area contributed by atoms with Crippen LogP contribution in [0.25, 0.3) is 5.73 Å². The summed E-state index contributed by atoms with van der Waals surface area (Å²) in [6.07, 6.45) is -2.00. The SMILES string of the molecule is CCCC[NH-].FC(F)(F)c1ccccc1. The molecule has 0 radical (unpaired) electrons. The highest BCUT2D eigenvalue weighted by molar-refractivity contribution is 5.17. The van der Waals surface area contributed by atoms with Crippen molar-refractivity contribution in [3.63, 3.8) is 0 Å². The van der Waals surface area contributed by atoms with Crippen molar-refractivity contribution in [2.24, 2.45) is 0 Å². The van der Waals surface area contributed by atoms with Crippen LogP contribution < -0.4 is 0 Å². The standard InChI is InChI=1S/C7H5F3.C4H10N/c8-7(9,10)6-4-2-1-3-5-6;1-2-3-4-5/h1-5H;5H,2-4H2,1H3/q;-1. The molecule has 0 bridgehead atoms. The van der Waals surface area contributed by atoms with E-state index in [1.807, 2.05) is 0 Å². The molecule has 15 heavy (non-hydrogen) atoms. The molecule has 0 amide bonds. The summed E-state index contributed by atoms with van der Waals surface area (Å²) in [5.74, 6) is 0. The minimum Gasteiger partial charge on any atom is -0.677 e. The van der Waals surface area contributed by atoms with Crippen LogP contribution in [0.5, 0.6) is 0 Å². The lowest BCUT2D eigenvalue weighted by atomic mass is 10.2. The van der Waals surface area contributed by atoms with Gasteiger partial charge < -0.3 is 5.73 Å². The maximum atomic E-state index is 11.8. The van der Waals surface area contributed by atoms with Gasteiger partial charge in [0, 0.05) is 0 Å². The summed E-state index contributed by atoms with van der Waals surface area (Å²) in [4.78, 5) is 0. The molecule has 0 spiro atoms. The van der Waals surface area contributed by atoms with E-state index in [4.69, 9.17) is 5.73 Å². The second kappa shape index (κ2) is 7.29. The summed E-state index contributed by atoms with van der Waals surface area (Å²) < 4.78 is 35.4. The molecule has 1 rings (SSSR count). The molecule has 0 saturated carbocycles. The highest BCUT2D eigenvalue weighted by Crippen LogP contribution is 2.28. The molecule has 0 saturated heterocycles. The van der Waals surface area contributed by atoms with Gasteiger partial charge in [-0.3, -0.25) is 0 Å². The molecule has 1 aromatic rings. The highest BCUT2D eigenvalue weighted by atomic mass is 19.4. The quantitative estimate of drug-likeness (QED) is 0.695. The Morgan fingerprint density at radius 2 is 1.67 bits per heavy atom. The van der Waals surface area contributed by atoms with Crippen molar-refractivity contribution < 1.29 is 13.2 Å². The van der Waals surface area contributed by atoms with Gasteiger partial charge in [-0.2, -0.15) is 19.7 Å². The lowest BCUT2D eigenvalue weighted by molar-refractivity contribution is -0.137. The van der Waals surface area contributed by atoms with E-state index in [-0.39, 0.29) is 0 Å². The van der Waals surface area contributed by atoms with Gasteiger partial charge >= 0.3 is 6.18 Å². The molecule has 1 nitrogen and oxygen atoms in total. The second-order valence-electron chi connectivity index (χ2n) is 2.97. The van der Waals surface area contributed by atoms with Crippen LogP contribution in [0.3, 0.4) is 0 Å². The van der Waals surface area contributed by atoms with Gasteiger partial charge in [0.25, 0.3) is 0 Å². The fourth-order valence-electron chi connectivity index (χ4n) is 0.804. The molecule has 86 valence electrons. The molecule has 0 aliphatic carbocycles. The molecule has 0 heterocycles. The van der Waals surface area contributed by atoms with E-state index in [0.717, 1.165) is 25.0 Å². The van der Waals surface area contributed by atoms with E-state index in [0.29, 0.717) is 6.54 Å². The zero-order valence-electron chi connectivity index (χ0n) is 8.64. The number of hydrogen-bond acceptors (Lipinski definition) is 0. The van der Waals surface area contributed by atoms with E-state index in [1.54, 1.807) is 6.07 Å². The predicted octanol–water partition coefficient (Wildman–Crippen LogP) is 4.54. The summed E-state index contributed by atoms with van der Waals surface area (Å²) in [5.41, 5.74) is 6.00. The molecule has 0 unspecified atom stereocenters. The molecule has 0 fully saturated rings. The van der Waals surface area contributed by atoms with Crippen LogP contribution >= 0.6 is 0 Å². The van der Waals surface area contributed by atoms with Crippen molar-refractivity contribution in [3.8, 4) is 0 Å². The first kappa shape index (κ1) is 14.0. The Balaban J connectivity index is 0.000000336. The van der Waals surface area contributed by atoms with Gasteiger partial charge in [0.15, 0.2) is 0 Å². The number of alkyl halides is 3. The van der Waals surface area contributed by atoms with Crippen molar-refractivity contribution in [1.82, 2.24) is 0 Å². The summed E-state index contributed by atoms with van der Waals surface area (Å²) in [7, 11) is 0. The topological polar surface area (TPSA) is 23.8 Å². The van der Waals surface area contributed by atoms with Crippen LogP contribution in [0, 0.1) is 0 Å². The molecular formula is C11H15F3N-. The van der Waals surface area contributed by atoms with E-state index >= 15 is 0 Å². The molecule has 0 aromatic heterocycles. The van der Waals surface area contributed by atoms with Gasteiger partial charge in [0.1, 0.15) is 0 Å². The first-order valence-corrected chi connectivity index (χ1v) is 4.79. The molecule has 0 aliphatic heterocycles. The molecule has 4 heteroatoms. The van der Waals surface area contributed by atoms with E-state index in [2.05, 4.69) is 6.92 Å². The number of nitrogens with one attached hydrogen (secondary N) is 1. The van der Waals surface area contributed by atoms with Gasteiger partial charge in [0.2, 0.25) is 0 Å². The summed E-state index contributed by atoms with van der Waals surface area (Å²) in [6, 6.07) is 6.36. The van der Waals surface area contributed by atoms with E-state index in [1.165, 1.54) is 12.1 Å². The van der Waals surface area contributed by atoms with Crippen molar-refractivity contribution >= 4 is 0 Å². The van der Waals surface area contributed by atoms with Crippen molar-refractivity contribution in [2.45, 2.75) is 25.9 Å². The van der Waals surface area contributed by atoms with Gasteiger partial charge in [-0.1, -0.05) is 50.1 Å². The number of halogens is 3. The maximum Gasteiger partial charge on any atom is 0.416 e. The summed E-state index contributed by atoms with van der Waals surface area (Å²) in [6.45, 7) is 2.69. The zero-order valence-corrected chi connectivity index (χ0v) is 8.64. The van der Waals surface area contributed by atoms with Crippen molar-refractivity contribution in [2.75, 3.05) is 6.54 Å². The van der Waals surface area contributed by atoms with Gasteiger partial charge in [0.05, 0.1) is 5.56 Å². The van der Waals surface area contributed by atoms with E-state index < -0.39 is 11.7 Å². The van der Waals surface area contributed by atoms with Crippen LogP contribution in [0.4, 0.5) is 13.2 Å². The predicted molar refractivity (Wildman–Crippen MR) is 55.5 cm³/mol. The molecule has 0 aliphatic rings. The zero-order chi connectivity index (χ0) is 11.7. The Labute approximate surface area is 88.1 Å². The van der Waals surface area contributed by atoms with Gasteiger partial charge in [-0.15, -0.1) is 0 Å². The van der Waals surface area contributed by atoms with Gasteiger partial charge in [-0.05, 0) is 0 Å². The Kier molecular flexibility index (Phi) is 6.79. The van der Waals surface area contributed by atoms with Crippen LogP contribution in [0.1, 0.15) is 25.3 Å². The minimum atomic E-state index is -4.21. The maximum absolute atomic E-state index is 11.8. The van der Waals surface area contributed by atoms with E-state index in [9.17, 15) is 13.2 Å². The lowest BCUT2D eigenvalue weighted by Gasteiger charge is -2.03. The molecular weight excluding hydrogens is 203 g/mol. The Morgan fingerprint density at radius 3 is 1.87 bits per heavy atom. The van der Waals surface area contributed by atoms with Crippen molar-refractivity contribution in [1.29, 1.82) is 0 Å². The van der Waals surface area contributed by atoms with Gasteiger partial charge in [-0.25, -0.2) is 0 Å². The van der Waals surface area contributed by atoms with Crippen LogP contribution in [-0.2, 0) is 6.18 Å².